The third-order valence-electron chi connectivity index (χ3n) is 4.87. The highest BCUT2D eigenvalue weighted by molar-refractivity contribution is 6.29. The summed E-state index contributed by atoms with van der Waals surface area (Å²) >= 11 is 5.76. The molecule has 120 valence electrons. The predicted molar refractivity (Wildman–Crippen MR) is 87.8 cm³/mol. The van der Waals surface area contributed by atoms with Crippen molar-refractivity contribution in [2.45, 2.75) is 31.7 Å². The molecule has 0 aromatic carbocycles. The van der Waals surface area contributed by atoms with Gasteiger partial charge in [-0.1, -0.05) is 17.7 Å². The summed E-state index contributed by atoms with van der Waals surface area (Å²) in [6.07, 6.45) is 9.71. The number of rotatable bonds is 4. The zero-order chi connectivity index (χ0) is 15.6. The Balaban J connectivity index is 1.51. The van der Waals surface area contributed by atoms with Crippen LogP contribution in [-0.4, -0.2) is 39.0 Å². The molecule has 5 nitrogen and oxygen atoms in total. The lowest BCUT2D eigenvalue weighted by molar-refractivity contribution is 0.0495. The normalized spacial score (nSPS) is 26.2. The predicted octanol–water partition coefficient (Wildman–Crippen LogP) is 3.34. The van der Waals surface area contributed by atoms with E-state index in [0.29, 0.717) is 23.0 Å². The summed E-state index contributed by atoms with van der Waals surface area (Å²) in [5, 5.41) is 0.352. The van der Waals surface area contributed by atoms with Crippen molar-refractivity contribution in [3.63, 3.8) is 0 Å². The highest BCUT2D eigenvalue weighted by Crippen LogP contribution is 2.34. The van der Waals surface area contributed by atoms with E-state index in [2.05, 4.69) is 25.9 Å². The second kappa shape index (κ2) is 6.42. The van der Waals surface area contributed by atoms with Crippen molar-refractivity contribution in [1.82, 2.24) is 19.9 Å². The Bertz CT molecular complexity index is 671. The number of ether oxygens (including phenoxy) is 1. The van der Waals surface area contributed by atoms with Crippen LogP contribution >= 0.6 is 11.6 Å². The zero-order valence-corrected chi connectivity index (χ0v) is 13.6. The molecule has 5 rings (SSSR count). The quantitative estimate of drug-likeness (QED) is 0.860. The molecule has 23 heavy (non-hydrogen) atoms. The van der Waals surface area contributed by atoms with Crippen molar-refractivity contribution in [2.75, 3.05) is 13.1 Å². The zero-order valence-electron chi connectivity index (χ0n) is 12.9. The molecule has 1 unspecified atom stereocenters. The number of nitrogens with zero attached hydrogens (tertiary/aromatic N) is 4. The molecule has 5 heterocycles. The Hall–Kier alpha value is -1.72. The molecular formula is C17H19ClN4O. The molecule has 0 spiro atoms. The summed E-state index contributed by atoms with van der Waals surface area (Å²) in [5.41, 5.74) is 1.13. The minimum absolute atomic E-state index is 0.352. The van der Waals surface area contributed by atoms with Gasteiger partial charge in [-0.2, -0.15) is 0 Å². The molecule has 6 heteroatoms. The van der Waals surface area contributed by atoms with Crippen LogP contribution in [0.1, 0.15) is 24.8 Å². The Morgan fingerprint density at radius 3 is 2.74 bits per heavy atom. The van der Waals surface area contributed by atoms with Gasteiger partial charge in [0.25, 0.3) is 0 Å². The number of fused-ring (bicyclic) bond motifs is 3. The molecule has 0 N–H and O–H groups in total. The lowest BCUT2D eigenvalue weighted by Crippen LogP contribution is -2.49. The van der Waals surface area contributed by atoms with Gasteiger partial charge < -0.3 is 9.64 Å². The minimum atomic E-state index is 0.352. The smallest absolute Gasteiger partial charge is 0.239 e. The molecule has 0 saturated carbocycles. The van der Waals surface area contributed by atoms with Gasteiger partial charge in [0.15, 0.2) is 0 Å². The molecule has 2 aromatic heterocycles. The first-order chi connectivity index (χ1) is 11.3. The van der Waals surface area contributed by atoms with Crippen LogP contribution in [0.3, 0.4) is 0 Å². The topological polar surface area (TPSA) is 51.1 Å². The van der Waals surface area contributed by atoms with Crippen LogP contribution in [-0.2, 0) is 6.42 Å². The van der Waals surface area contributed by atoms with E-state index >= 15 is 0 Å². The first kappa shape index (κ1) is 14.8. The Labute approximate surface area is 140 Å². The Morgan fingerprint density at radius 2 is 2.04 bits per heavy atom. The van der Waals surface area contributed by atoms with Gasteiger partial charge in [-0.25, -0.2) is 15.0 Å². The monoisotopic (exact) mass is 330 g/mol. The average Bonchev–Trinajstić information content (AvgIpc) is 2.60. The molecule has 0 radical (unpaired) electrons. The van der Waals surface area contributed by atoms with Gasteiger partial charge in [-0.05, 0) is 50.8 Å². The van der Waals surface area contributed by atoms with Crippen molar-refractivity contribution in [2.24, 2.45) is 5.92 Å². The molecule has 3 saturated heterocycles. The molecule has 3 aliphatic heterocycles. The summed E-state index contributed by atoms with van der Waals surface area (Å²) < 4.78 is 5.82. The van der Waals surface area contributed by atoms with E-state index in [1.54, 1.807) is 6.20 Å². The van der Waals surface area contributed by atoms with E-state index in [-0.39, 0.29) is 0 Å². The maximum Gasteiger partial charge on any atom is 0.239 e. The van der Waals surface area contributed by atoms with Gasteiger partial charge >= 0.3 is 0 Å². The SMILES string of the molecule is Clc1cnc(Oc2ncccc2CC2CC3CCN2CC3)cn1. The second-order valence-electron chi connectivity index (χ2n) is 6.32. The van der Waals surface area contributed by atoms with E-state index in [1.807, 2.05) is 6.07 Å². The maximum atomic E-state index is 5.82. The largest absolute Gasteiger partial charge is 0.419 e. The highest BCUT2D eigenvalue weighted by Gasteiger charge is 2.33. The van der Waals surface area contributed by atoms with Crippen LogP contribution in [0.5, 0.6) is 11.8 Å². The average molecular weight is 331 g/mol. The number of hydrogen-bond donors (Lipinski definition) is 0. The van der Waals surface area contributed by atoms with E-state index in [1.165, 1.54) is 44.7 Å². The molecule has 2 aromatic rings. The van der Waals surface area contributed by atoms with Crippen LogP contribution < -0.4 is 4.74 Å². The van der Waals surface area contributed by atoms with Crippen LogP contribution in [0.4, 0.5) is 0 Å². The van der Waals surface area contributed by atoms with Crippen molar-refractivity contribution in [3.05, 3.63) is 41.4 Å². The summed E-state index contributed by atoms with van der Waals surface area (Å²) in [6, 6.07) is 4.66. The van der Waals surface area contributed by atoms with Gasteiger partial charge in [0.2, 0.25) is 11.8 Å². The summed E-state index contributed by atoms with van der Waals surface area (Å²) in [7, 11) is 0. The minimum Gasteiger partial charge on any atom is -0.419 e. The summed E-state index contributed by atoms with van der Waals surface area (Å²) in [6.45, 7) is 2.46. The molecular weight excluding hydrogens is 312 g/mol. The van der Waals surface area contributed by atoms with E-state index < -0.39 is 0 Å². The van der Waals surface area contributed by atoms with Crippen molar-refractivity contribution in [3.8, 4) is 11.8 Å². The van der Waals surface area contributed by atoms with Gasteiger partial charge in [0.1, 0.15) is 5.15 Å². The molecule has 1 atom stereocenters. The first-order valence-corrected chi connectivity index (χ1v) is 8.49. The third kappa shape index (κ3) is 3.31. The lowest BCUT2D eigenvalue weighted by Gasteiger charge is -2.45. The van der Waals surface area contributed by atoms with E-state index in [9.17, 15) is 0 Å². The van der Waals surface area contributed by atoms with Crippen molar-refractivity contribution in [1.29, 1.82) is 0 Å². The number of aromatic nitrogens is 3. The first-order valence-electron chi connectivity index (χ1n) is 8.11. The van der Waals surface area contributed by atoms with Crippen LogP contribution in [0.2, 0.25) is 5.15 Å². The highest BCUT2D eigenvalue weighted by atomic mass is 35.5. The van der Waals surface area contributed by atoms with Crippen molar-refractivity contribution < 1.29 is 4.74 Å². The second-order valence-corrected chi connectivity index (χ2v) is 6.71. The van der Waals surface area contributed by atoms with Gasteiger partial charge in [-0.3, -0.25) is 0 Å². The third-order valence-corrected chi connectivity index (χ3v) is 5.07. The van der Waals surface area contributed by atoms with Crippen LogP contribution in [0, 0.1) is 5.92 Å². The Kier molecular flexibility index (Phi) is 4.14. The summed E-state index contributed by atoms with van der Waals surface area (Å²) in [5.74, 6) is 1.93. The molecule has 0 aliphatic carbocycles. The molecule has 3 fully saturated rings. The van der Waals surface area contributed by atoms with Gasteiger partial charge in [-0.15, -0.1) is 0 Å². The van der Waals surface area contributed by atoms with Gasteiger partial charge in [0.05, 0.1) is 12.4 Å². The fraction of sp³-hybridized carbons (Fsp3) is 0.471. The standard InChI is InChI=1S/C17H19ClN4O/c18-15-10-21-16(11-20-15)23-17-13(2-1-5-19-17)9-14-8-12-3-6-22(14)7-4-12/h1-2,5,10-12,14H,3-4,6-9H2. The Morgan fingerprint density at radius 1 is 1.17 bits per heavy atom. The number of piperidine rings is 3. The van der Waals surface area contributed by atoms with E-state index in [0.717, 1.165) is 17.9 Å². The number of halogens is 1. The number of pyridine rings is 1. The van der Waals surface area contributed by atoms with Gasteiger partial charge in [0, 0.05) is 17.8 Å². The fourth-order valence-corrected chi connectivity index (χ4v) is 3.78. The summed E-state index contributed by atoms with van der Waals surface area (Å²) in [4.78, 5) is 15.1. The fourth-order valence-electron chi connectivity index (χ4n) is 3.68. The maximum absolute atomic E-state index is 5.82. The molecule has 3 aliphatic rings. The van der Waals surface area contributed by atoms with Crippen LogP contribution in [0.25, 0.3) is 0 Å². The molecule has 2 bridgehead atoms. The van der Waals surface area contributed by atoms with E-state index in [4.69, 9.17) is 16.3 Å². The van der Waals surface area contributed by atoms with Crippen molar-refractivity contribution >= 4 is 11.6 Å². The lowest BCUT2D eigenvalue weighted by atomic mass is 9.81. The number of hydrogen-bond acceptors (Lipinski definition) is 5. The van der Waals surface area contributed by atoms with Crippen LogP contribution in [0.15, 0.2) is 30.7 Å². The molecule has 0 amide bonds.